The number of hydrogen-bond donors (Lipinski definition) is 5. The van der Waals surface area contributed by atoms with Crippen molar-refractivity contribution in [1.82, 2.24) is 0 Å². The van der Waals surface area contributed by atoms with E-state index in [1.807, 2.05) is 0 Å². The van der Waals surface area contributed by atoms with Gasteiger partial charge in [-0.15, -0.1) is 0 Å². The molecular formula is C29H32O11. The molecule has 6 atom stereocenters. The number of phenolic OH excluding ortho intramolecular Hbond substituents is 1. The first-order chi connectivity index (χ1) is 19.0. The molecule has 1 saturated heterocycles. The van der Waals surface area contributed by atoms with Crippen LogP contribution >= 0.6 is 0 Å². The van der Waals surface area contributed by atoms with Crippen LogP contribution in [0.4, 0.5) is 0 Å². The number of rotatable bonds is 8. The van der Waals surface area contributed by atoms with Crippen molar-refractivity contribution in [1.29, 1.82) is 0 Å². The third kappa shape index (κ3) is 6.03. The van der Waals surface area contributed by atoms with Gasteiger partial charge in [-0.1, -0.05) is 12.1 Å². The monoisotopic (exact) mass is 556 g/mol. The van der Waals surface area contributed by atoms with E-state index < -0.39 is 54.6 Å². The Morgan fingerprint density at radius 1 is 1.15 bits per heavy atom. The molecule has 11 heteroatoms. The van der Waals surface area contributed by atoms with Gasteiger partial charge in [0.1, 0.15) is 47.3 Å². The fourth-order valence-corrected chi connectivity index (χ4v) is 4.77. The highest BCUT2D eigenvalue weighted by molar-refractivity contribution is 5.88. The summed E-state index contributed by atoms with van der Waals surface area (Å²) in [4.78, 5) is 26.0. The summed E-state index contributed by atoms with van der Waals surface area (Å²) in [5.74, 6) is -0.456. The first kappa shape index (κ1) is 29.2. The average molecular weight is 557 g/mol. The van der Waals surface area contributed by atoms with Crippen molar-refractivity contribution >= 4 is 23.0 Å². The molecule has 1 fully saturated rings. The number of esters is 1. The van der Waals surface area contributed by atoms with E-state index in [-0.39, 0.29) is 40.2 Å². The Morgan fingerprint density at radius 2 is 1.85 bits per heavy atom. The number of aliphatic hydroxyl groups is 4. The zero-order valence-electron chi connectivity index (χ0n) is 22.2. The lowest BCUT2D eigenvalue weighted by atomic mass is 9.89. The summed E-state index contributed by atoms with van der Waals surface area (Å²) >= 11 is 0. The quantitative estimate of drug-likeness (QED) is 0.201. The third-order valence-corrected chi connectivity index (χ3v) is 6.68. The molecule has 1 aliphatic rings. The van der Waals surface area contributed by atoms with Crippen LogP contribution in [0.2, 0.25) is 0 Å². The molecule has 0 radical (unpaired) electrons. The van der Waals surface area contributed by atoms with Gasteiger partial charge < -0.3 is 44.2 Å². The van der Waals surface area contributed by atoms with Gasteiger partial charge in [0.15, 0.2) is 11.5 Å². The van der Waals surface area contributed by atoms with Crippen molar-refractivity contribution in [2.45, 2.75) is 56.9 Å². The predicted octanol–water partition coefficient (Wildman–Crippen LogP) is 1.52. The van der Waals surface area contributed by atoms with E-state index in [2.05, 4.69) is 0 Å². The molecule has 0 amide bonds. The topological polar surface area (TPSA) is 176 Å². The number of carbonyl (C=O) groups excluding carboxylic acids is 1. The maximum atomic E-state index is 13.1. The van der Waals surface area contributed by atoms with Gasteiger partial charge >= 0.3 is 5.97 Å². The molecule has 5 N–H and O–H groups in total. The van der Waals surface area contributed by atoms with Gasteiger partial charge in [0.2, 0.25) is 0 Å². The summed E-state index contributed by atoms with van der Waals surface area (Å²) < 4.78 is 23.2. The number of fused-ring (bicyclic) bond motifs is 1. The number of aromatic hydroxyl groups is 1. The summed E-state index contributed by atoms with van der Waals surface area (Å²) in [6, 6.07) is 8.89. The van der Waals surface area contributed by atoms with E-state index in [0.717, 1.165) is 6.08 Å². The Morgan fingerprint density at radius 3 is 2.48 bits per heavy atom. The molecular weight excluding hydrogens is 524 g/mol. The third-order valence-electron chi connectivity index (χ3n) is 6.68. The first-order valence-corrected chi connectivity index (χ1v) is 12.7. The molecule has 1 aliphatic heterocycles. The molecule has 3 aromatic rings. The van der Waals surface area contributed by atoms with Crippen LogP contribution in [-0.4, -0.2) is 75.7 Å². The SMILES string of the molecule is COc1cc(C)c2c(=O)cc(C[C@H](C)O)oc2c1[C@H]1O[C@@H](CO)[C@H](O)[C@@H](O)[C@@H]1OC(=O)/C=C/c1ccc(O)cc1. The van der Waals surface area contributed by atoms with Gasteiger partial charge in [0.25, 0.3) is 0 Å². The van der Waals surface area contributed by atoms with E-state index in [4.69, 9.17) is 18.6 Å². The summed E-state index contributed by atoms with van der Waals surface area (Å²) in [7, 11) is 1.38. The lowest BCUT2D eigenvalue weighted by Crippen LogP contribution is -2.56. The highest BCUT2D eigenvalue weighted by atomic mass is 16.6. The lowest BCUT2D eigenvalue weighted by Gasteiger charge is -2.42. The zero-order valence-corrected chi connectivity index (χ0v) is 22.2. The van der Waals surface area contributed by atoms with Crippen molar-refractivity contribution in [2.24, 2.45) is 0 Å². The van der Waals surface area contributed by atoms with Gasteiger partial charge in [-0.25, -0.2) is 4.79 Å². The smallest absolute Gasteiger partial charge is 0.331 e. The predicted molar refractivity (Wildman–Crippen MR) is 143 cm³/mol. The standard InChI is InChI=1S/C29H32O11/c1-14-10-20(37-3)24(27-23(14)19(33)12-18(38-27)11-15(2)31)28-29(26(36)25(35)21(13-30)39-28)40-22(34)9-6-16-4-7-17(32)8-5-16/h4-10,12,15,21,25-26,28-32,35-36H,11,13H2,1-3H3/b9-6+/t15-,21-,25-,26+,28+,29-/m0/s1. The summed E-state index contributed by atoms with van der Waals surface area (Å²) in [6.45, 7) is 2.55. The maximum Gasteiger partial charge on any atom is 0.331 e. The van der Waals surface area contributed by atoms with Crippen molar-refractivity contribution in [2.75, 3.05) is 13.7 Å². The van der Waals surface area contributed by atoms with E-state index in [1.165, 1.54) is 38.3 Å². The Hall–Kier alpha value is -3.74. The second-order valence-corrected chi connectivity index (χ2v) is 9.73. The van der Waals surface area contributed by atoms with E-state index in [0.29, 0.717) is 11.1 Å². The van der Waals surface area contributed by atoms with Gasteiger partial charge in [0.05, 0.1) is 30.8 Å². The molecule has 2 heterocycles. The number of aliphatic hydroxyl groups excluding tert-OH is 4. The van der Waals surface area contributed by atoms with E-state index in [1.54, 1.807) is 25.1 Å². The number of aryl methyl sites for hydroxylation is 1. The minimum Gasteiger partial charge on any atom is -0.508 e. The molecule has 1 aromatic heterocycles. The largest absolute Gasteiger partial charge is 0.508 e. The molecule has 214 valence electrons. The number of ether oxygens (including phenoxy) is 3. The highest BCUT2D eigenvalue weighted by Crippen LogP contribution is 2.43. The average Bonchev–Trinajstić information content (AvgIpc) is 2.90. The fraction of sp³-hybridized carbons (Fsp3) is 0.379. The van der Waals surface area contributed by atoms with Crippen LogP contribution in [0.5, 0.6) is 11.5 Å². The Balaban J connectivity index is 1.83. The van der Waals surface area contributed by atoms with Crippen LogP contribution in [0.25, 0.3) is 17.0 Å². The van der Waals surface area contributed by atoms with Crippen molar-refractivity contribution in [3.8, 4) is 11.5 Å². The maximum absolute atomic E-state index is 13.1. The number of methoxy groups -OCH3 is 1. The molecule has 0 aliphatic carbocycles. The van der Waals surface area contributed by atoms with Crippen molar-refractivity contribution in [3.63, 3.8) is 0 Å². The molecule has 2 aromatic carbocycles. The lowest BCUT2D eigenvalue weighted by molar-refractivity contribution is -0.239. The molecule has 0 saturated carbocycles. The van der Waals surface area contributed by atoms with Gasteiger partial charge in [-0.05, 0) is 49.2 Å². The zero-order chi connectivity index (χ0) is 29.1. The molecule has 0 unspecified atom stereocenters. The molecule has 11 nitrogen and oxygen atoms in total. The molecule has 40 heavy (non-hydrogen) atoms. The molecule has 0 bridgehead atoms. The second kappa shape index (κ2) is 12.2. The Kier molecular flexibility index (Phi) is 8.92. The van der Waals surface area contributed by atoms with Crippen LogP contribution in [0.3, 0.4) is 0 Å². The number of benzene rings is 2. The van der Waals surface area contributed by atoms with Crippen LogP contribution in [-0.2, 0) is 20.7 Å². The van der Waals surface area contributed by atoms with Crippen molar-refractivity contribution in [3.05, 3.63) is 75.1 Å². The molecule has 0 spiro atoms. The minimum absolute atomic E-state index is 0.0333. The summed E-state index contributed by atoms with van der Waals surface area (Å²) in [6.07, 6.45) is -5.68. The Labute approximate surface area is 229 Å². The van der Waals surface area contributed by atoms with Crippen LogP contribution in [0, 0.1) is 6.92 Å². The normalized spacial score (nSPS) is 23.8. The van der Waals surface area contributed by atoms with E-state index in [9.17, 15) is 35.1 Å². The molecule has 4 rings (SSSR count). The van der Waals surface area contributed by atoms with Crippen molar-refractivity contribution < 1.29 is 49.0 Å². The van der Waals surface area contributed by atoms with Gasteiger partial charge in [-0.3, -0.25) is 4.79 Å². The second-order valence-electron chi connectivity index (χ2n) is 9.73. The van der Waals surface area contributed by atoms with E-state index >= 15 is 0 Å². The number of hydrogen-bond acceptors (Lipinski definition) is 11. The number of phenols is 1. The summed E-state index contributed by atoms with van der Waals surface area (Å²) in [5, 5.41) is 51.0. The van der Waals surface area contributed by atoms with Crippen LogP contribution in [0.1, 0.15) is 35.5 Å². The van der Waals surface area contributed by atoms with Gasteiger partial charge in [-0.2, -0.15) is 0 Å². The summed E-state index contributed by atoms with van der Waals surface area (Å²) in [5.41, 5.74) is 0.876. The highest BCUT2D eigenvalue weighted by Gasteiger charge is 2.49. The minimum atomic E-state index is -1.70. The first-order valence-electron chi connectivity index (χ1n) is 12.7. The van der Waals surface area contributed by atoms with Crippen LogP contribution < -0.4 is 10.2 Å². The number of carbonyl (C=O) groups is 1. The fourth-order valence-electron chi connectivity index (χ4n) is 4.77. The Bertz CT molecular complexity index is 1440. The van der Waals surface area contributed by atoms with Gasteiger partial charge in [0, 0.05) is 18.6 Å². The van der Waals surface area contributed by atoms with Crippen LogP contribution in [0.15, 0.2) is 51.7 Å².